The Morgan fingerprint density at radius 2 is 1.79 bits per heavy atom. The van der Waals surface area contributed by atoms with Crippen LogP contribution in [0.2, 0.25) is 0 Å². The fourth-order valence-corrected chi connectivity index (χ4v) is 3.53. The van der Waals surface area contributed by atoms with E-state index < -0.39 is 23.3 Å². The molecule has 1 unspecified atom stereocenters. The summed E-state index contributed by atoms with van der Waals surface area (Å²) in [5, 5.41) is 28.3. The lowest BCUT2D eigenvalue weighted by molar-refractivity contribution is -0.125. The van der Waals surface area contributed by atoms with Gasteiger partial charge in [0.2, 0.25) is 5.91 Å². The van der Waals surface area contributed by atoms with Crippen LogP contribution >= 0.6 is 0 Å². The Morgan fingerprint density at radius 3 is 2.41 bits per heavy atom. The van der Waals surface area contributed by atoms with Crippen LogP contribution in [-0.4, -0.2) is 51.7 Å². The average molecular weight is 462 g/mol. The van der Waals surface area contributed by atoms with Crippen molar-refractivity contribution in [2.75, 3.05) is 13.2 Å². The monoisotopic (exact) mass is 461 g/mol. The number of aromatic nitrogens is 2. The highest BCUT2D eigenvalue weighted by Gasteiger charge is 2.34. The molecule has 3 N–H and O–H groups in total. The van der Waals surface area contributed by atoms with E-state index >= 15 is 0 Å². The number of aliphatic hydroxyl groups is 1. The van der Waals surface area contributed by atoms with Crippen LogP contribution in [-0.2, 0) is 11.3 Å². The number of ketones is 1. The SMILES string of the molecule is CC(C)(C)C(NC(=O)c1nn(CC(=O)c2ccc(C#N)cc2)c2ccccc12)C(=O)NCCO. The second-order valence-electron chi connectivity index (χ2n) is 8.92. The lowest BCUT2D eigenvalue weighted by Gasteiger charge is -2.30. The summed E-state index contributed by atoms with van der Waals surface area (Å²) in [6, 6.07) is 14.5. The Hall–Kier alpha value is -4.03. The lowest BCUT2D eigenvalue weighted by Crippen LogP contribution is -2.54. The predicted octanol–water partition coefficient (Wildman–Crippen LogP) is 2.04. The molecule has 0 fully saturated rings. The van der Waals surface area contributed by atoms with E-state index in [0.717, 1.165) is 0 Å². The molecule has 0 radical (unpaired) electrons. The maximum atomic E-state index is 13.2. The molecule has 2 aromatic carbocycles. The molecular formula is C25H27N5O4. The number of aliphatic hydroxyl groups excluding tert-OH is 1. The topological polar surface area (TPSA) is 137 Å². The zero-order chi connectivity index (χ0) is 24.9. The van der Waals surface area contributed by atoms with Crippen LogP contribution in [0.5, 0.6) is 0 Å². The summed E-state index contributed by atoms with van der Waals surface area (Å²) < 4.78 is 1.46. The number of carbonyl (C=O) groups excluding carboxylic acids is 3. The van der Waals surface area contributed by atoms with Gasteiger partial charge in [0.15, 0.2) is 11.5 Å². The standard InChI is InChI=1S/C25H27N5O4/c1-25(2,3)22(24(34)27-12-13-31)28-23(33)21-18-6-4-5-7-19(18)30(29-21)15-20(32)17-10-8-16(14-26)9-11-17/h4-11,22,31H,12-13,15H2,1-3H3,(H,27,34)(H,28,33). The molecule has 0 bridgehead atoms. The molecule has 1 aromatic heterocycles. The third kappa shape index (κ3) is 5.47. The van der Waals surface area contributed by atoms with Gasteiger partial charge in [0.25, 0.3) is 5.91 Å². The molecule has 9 nitrogen and oxygen atoms in total. The van der Waals surface area contributed by atoms with Crippen LogP contribution in [0.25, 0.3) is 10.9 Å². The Morgan fingerprint density at radius 1 is 1.12 bits per heavy atom. The molecule has 0 spiro atoms. The number of nitriles is 1. The molecule has 3 rings (SSSR count). The molecular weight excluding hydrogens is 434 g/mol. The van der Waals surface area contributed by atoms with E-state index in [9.17, 15) is 14.4 Å². The molecule has 0 saturated heterocycles. The molecule has 1 heterocycles. The predicted molar refractivity (Wildman–Crippen MR) is 126 cm³/mol. The van der Waals surface area contributed by atoms with Crippen molar-refractivity contribution >= 4 is 28.5 Å². The van der Waals surface area contributed by atoms with E-state index in [-0.39, 0.29) is 31.2 Å². The second kappa shape index (κ2) is 10.3. The number of para-hydroxylation sites is 1. The number of nitrogens with one attached hydrogen (secondary N) is 2. The number of hydrogen-bond donors (Lipinski definition) is 3. The van der Waals surface area contributed by atoms with E-state index in [1.54, 1.807) is 48.5 Å². The summed E-state index contributed by atoms with van der Waals surface area (Å²) in [5.41, 5.74) is 0.993. The largest absolute Gasteiger partial charge is 0.395 e. The number of nitrogens with zero attached hydrogens (tertiary/aromatic N) is 3. The molecule has 9 heteroatoms. The van der Waals surface area contributed by atoms with Crippen LogP contribution < -0.4 is 10.6 Å². The van der Waals surface area contributed by atoms with Crippen LogP contribution in [0.3, 0.4) is 0 Å². The van der Waals surface area contributed by atoms with Crippen molar-refractivity contribution in [3.8, 4) is 6.07 Å². The van der Waals surface area contributed by atoms with Gasteiger partial charge in [0.1, 0.15) is 12.6 Å². The summed E-state index contributed by atoms with van der Waals surface area (Å²) in [6.07, 6.45) is 0. The number of rotatable bonds is 8. The summed E-state index contributed by atoms with van der Waals surface area (Å²) in [5.74, 6) is -1.17. The third-order valence-corrected chi connectivity index (χ3v) is 5.32. The van der Waals surface area contributed by atoms with Gasteiger partial charge >= 0.3 is 0 Å². The first kappa shape index (κ1) is 24.6. The Balaban J connectivity index is 1.89. The number of amides is 2. The van der Waals surface area contributed by atoms with Crippen LogP contribution in [0, 0.1) is 16.7 Å². The fourth-order valence-electron chi connectivity index (χ4n) is 3.53. The van der Waals surface area contributed by atoms with Crippen molar-refractivity contribution < 1.29 is 19.5 Å². The molecule has 2 amide bonds. The van der Waals surface area contributed by atoms with E-state index in [1.807, 2.05) is 26.8 Å². The molecule has 3 aromatic rings. The highest BCUT2D eigenvalue weighted by molar-refractivity contribution is 6.06. The van der Waals surface area contributed by atoms with Crippen LogP contribution in [0.1, 0.15) is 47.2 Å². The first-order chi connectivity index (χ1) is 16.2. The lowest BCUT2D eigenvalue weighted by atomic mass is 9.86. The minimum Gasteiger partial charge on any atom is -0.395 e. The van der Waals surface area contributed by atoms with Crippen molar-refractivity contribution in [2.45, 2.75) is 33.4 Å². The normalized spacial score (nSPS) is 12.1. The van der Waals surface area contributed by atoms with E-state index in [0.29, 0.717) is 22.0 Å². The average Bonchev–Trinajstić information content (AvgIpc) is 3.18. The third-order valence-electron chi connectivity index (χ3n) is 5.32. The minimum absolute atomic E-state index is 0.0797. The molecule has 0 aliphatic heterocycles. The Kier molecular flexibility index (Phi) is 7.44. The Bertz CT molecular complexity index is 1250. The highest BCUT2D eigenvalue weighted by Crippen LogP contribution is 2.23. The maximum Gasteiger partial charge on any atom is 0.273 e. The number of benzene rings is 2. The summed E-state index contributed by atoms with van der Waals surface area (Å²) in [7, 11) is 0. The van der Waals surface area contributed by atoms with Crippen molar-refractivity contribution in [3.63, 3.8) is 0 Å². The van der Waals surface area contributed by atoms with Gasteiger partial charge in [0.05, 0.1) is 23.8 Å². The molecule has 176 valence electrons. The van der Waals surface area contributed by atoms with Gasteiger partial charge in [0, 0.05) is 17.5 Å². The van der Waals surface area contributed by atoms with E-state index in [1.165, 1.54) is 4.68 Å². The molecule has 34 heavy (non-hydrogen) atoms. The van der Waals surface area contributed by atoms with Crippen molar-refractivity contribution in [1.82, 2.24) is 20.4 Å². The van der Waals surface area contributed by atoms with Gasteiger partial charge in [-0.1, -0.05) is 51.1 Å². The first-order valence-corrected chi connectivity index (χ1v) is 10.8. The quantitative estimate of drug-likeness (QED) is 0.439. The zero-order valence-electron chi connectivity index (χ0n) is 19.3. The Labute approximate surface area is 197 Å². The van der Waals surface area contributed by atoms with Gasteiger partial charge in [-0.15, -0.1) is 0 Å². The number of Topliss-reactive ketones (excluding diaryl/α,β-unsaturated/α-hetero) is 1. The molecule has 1 atom stereocenters. The van der Waals surface area contributed by atoms with E-state index in [2.05, 4.69) is 15.7 Å². The first-order valence-electron chi connectivity index (χ1n) is 10.8. The molecule has 0 aliphatic rings. The van der Waals surface area contributed by atoms with Gasteiger partial charge in [-0.3, -0.25) is 19.1 Å². The number of carbonyl (C=O) groups is 3. The van der Waals surface area contributed by atoms with Crippen molar-refractivity contribution in [3.05, 3.63) is 65.4 Å². The van der Waals surface area contributed by atoms with Gasteiger partial charge in [-0.2, -0.15) is 10.4 Å². The highest BCUT2D eigenvalue weighted by atomic mass is 16.3. The molecule has 0 aliphatic carbocycles. The van der Waals surface area contributed by atoms with Gasteiger partial charge in [-0.05, 0) is 23.6 Å². The van der Waals surface area contributed by atoms with Crippen molar-refractivity contribution in [2.24, 2.45) is 5.41 Å². The smallest absolute Gasteiger partial charge is 0.273 e. The summed E-state index contributed by atoms with van der Waals surface area (Å²) >= 11 is 0. The van der Waals surface area contributed by atoms with Crippen molar-refractivity contribution in [1.29, 1.82) is 5.26 Å². The number of hydrogen-bond acceptors (Lipinski definition) is 6. The summed E-state index contributed by atoms with van der Waals surface area (Å²) in [6.45, 7) is 5.24. The fraction of sp³-hybridized carbons (Fsp3) is 0.320. The van der Waals surface area contributed by atoms with E-state index in [4.69, 9.17) is 10.4 Å². The minimum atomic E-state index is -0.865. The zero-order valence-corrected chi connectivity index (χ0v) is 19.3. The number of fused-ring (bicyclic) bond motifs is 1. The van der Waals surface area contributed by atoms with Gasteiger partial charge in [-0.25, -0.2) is 0 Å². The van der Waals surface area contributed by atoms with Gasteiger partial charge < -0.3 is 15.7 Å². The molecule has 0 saturated carbocycles. The second-order valence-corrected chi connectivity index (χ2v) is 8.92. The van der Waals surface area contributed by atoms with Crippen LogP contribution in [0.15, 0.2) is 48.5 Å². The summed E-state index contributed by atoms with van der Waals surface area (Å²) in [4.78, 5) is 38.6. The van der Waals surface area contributed by atoms with Crippen LogP contribution in [0.4, 0.5) is 0 Å². The maximum absolute atomic E-state index is 13.2.